The van der Waals surface area contributed by atoms with E-state index in [-0.39, 0.29) is 12.2 Å². The van der Waals surface area contributed by atoms with E-state index < -0.39 is 0 Å². The molecule has 3 aromatic carbocycles. The van der Waals surface area contributed by atoms with E-state index >= 15 is 0 Å². The summed E-state index contributed by atoms with van der Waals surface area (Å²) in [6, 6.07) is 25.4. The van der Waals surface area contributed by atoms with E-state index in [1.807, 2.05) is 92.7 Å². The Labute approximate surface area is 148 Å². The number of rotatable bonds is 5. The van der Waals surface area contributed by atoms with Crippen molar-refractivity contribution >= 4 is 17.2 Å². The number of carbonyl (C=O) groups excluding carboxylic acids is 1. The molecule has 0 saturated heterocycles. The minimum atomic E-state index is 0.0782. The van der Waals surface area contributed by atoms with Gasteiger partial charge in [-0.2, -0.15) is 0 Å². The standard InChI is InChI=1S/C23H21NO/c1-17-10-9-11-18(2)23(17)24-21(19-12-5-3-6-13-19)16-22(25)20-14-7-4-8-15-20/h3-15H,16H2,1-2H3. The van der Waals surface area contributed by atoms with Crippen LogP contribution in [0.25, 0.3) is 0 Å². The lowest BCUT2D eigenvalue weighted by atomic mass is 10.00. The van der Waals surface area contributed by atoms with E-state index in [2.05, 4.69) is 0 Å². The average molecular weight is 327 g/mol. The van der Waals surface area contributed by atoms with Crippen molar-refractivity contribution in [3.8, 4) is 0 Å². The van der Waals surface area contributed by atoms with Crippen molar-refractivity contribution in [2.45, 2.75) is 20.3 Å². The van der Waals surface area contributed by atoms with Crippen molar-refractivity contribution in [3.05, 3.63) is 101 Å². The lowest BCUT2D eigenvalue weighted by Gasteiger charge is -2.10. The summed E-state index contributed by atoms with van der Waals surface area (Å²) < 4.78 is 0. The highest BCUT2D eigenvalue weighted by Gasteiger charge is 2.13. The zero-order valence-corrected chi connectivity index (χ0v) is 14.6. The van der Waals surface area contributed by atoms with Gasteiger partial charge in [0.05, 0.1) is 17.8 Å². The molecule has 0 fully saturated rings. The molecule has 2 nitrogen and oxygen atoms in total. The van der Waals surface area contributed by atoms with Crippen LogP contribution in [0.3, 0.4) is 0 Å². The maximum absolute atomic E-state index is 12.7. The molecule has 2 heteroatoms. The van der Waals surface area contributed by atoms with Crippen LogP contribution in [0, 0.1) is 13.8 Å². The molecule has 0 aliphatic rings. The molecule has 0 saturated carbocycles. The van der Waals surface area contributed by atoms with Gasteiger partial charge < -0.3 is 0 Å². The van der Waals surface area contributed by atoms with E-state index in [9.17, 15) is 4.79 Å². The van der Waals surface area contributed by atoms with Gasteiger partial charge in [0.15, 0.2) is 5.78 Å². The fraction of sp³-hybridized carbons (Fsp3) is 0.130. The number of hydrogen-bond acceptors (Lipinski definition) is 2. The first-order valence-corrected chi connectivity index (χ1v) is 8.42. The van der Waals surface area contributed by atoms with Gasteiger partial charge in [0.1, 0.15) is 0 Å². The number of hydrogen-bond donors (Lipinski definition) is 0. The summed E-state index contributed by atoms with van der Waals surface area (Å²) in [5.74, 6) is 0.0782. The molecule has 0 atom stereocenters. The van der Waals surface area contributed by atoms with Crippen LogP contribution in [0.2, 0.25) is 0 Å². The first-order chi connectivity index (χ1) is 12.1. The molecule has 0 spiro atoms. The first-order valence-electron chi connectivity index (χ1n) is 8.42. The molecule has 124 valence electrons. The Bertz CT molecular complexity index is 876. The van der Waals surface area contributed by atoms with Crippen LogP contribution in [-0.2, 0) is 0 Å². The zero-order chi connectivity index (χ0) is 17.6. The Hall–Kier alpha value is -3.00. The van der Waals surface area contributed by atoms with Gasteiger partial charge in [0, 0.05) is 5.56 Å². The van der Waals surface area contributed by atoms with Crippen molar-refractivity contribution in [1.82, 2.24) is 0 Å². The number of para-hydroxylation sites is 1. The molecule has 25 heavy (non-hydrogen) atoms. The second-order valence-corrected chi connectivity index (χ2v) is 6.13. The number of aliphatic imine (C=N–C) groups is 1. The molecule has 0 aliphatic carbocycles. The van der Waals surface area contributed by atoms with Crippen molar-refractivity contribution < 1.29 is 4.79 Å². The van der Waals surface area contributed by atoms with Crippen molar-refractivity contribution in [2.75, 3.05) is 0 Å². The van der Waals surface area contributed by atoms with E-state index in [0.717, 1.165) is 28.1 Å². The monoisotopic (exact) mass is 327 g/mol. The van der Waals surface area contributed by atoms with Gasteiger partial charge >= 0.3 is 0 Å². The number of carbonyl (C=O) groups is 1. The summed E-state index contributed by atoms with van der Waals surface area (Å²) in [7, 11) is 0. The van der Waals surface area contributed by atoms with Crippen molar-refractivity contribution in [2.24, 2.45) is 4.99 Å². The summed E-state index contributed by atoms with van der Waals surface area (Å²) in [5.41, 5.74) is 5.66. The third-order valence-electron chi connectivity index (χ3n) is 4.22. The Kier molecular flexibility index (Phi) is 5.20. The van der Waals surface area contributed by atoms with Gasteiger partial charge in [-0.1, -0.05) is 78.9 Å². The van der Waals surface area contributed by atoms with Gasteiger partial charge in [-0.3, -0.25) is 9.79 Å². The van der Waals surface area contributed by atoms with Crippen LogP contribution in [0.1, 0.15) is 33.5 Å². The minimum absolute atomic E-state index is 0.0782. The Balaban J connectivity index is 2.02. The molecule has 3 aromatic rings. The summed E-state index contributed by atoms with van der Waals surface area (Å²) >= 11 is 0. The van der Waals surface area contributed by atoms with Crippen LogP contribution >= 0.6 is 0 Å². The predicted octanol–water partition coefficient (Wildman–Crippen LogP) is 5.70. The SMILES string of the molecule is Cc1cccc(C)c1N=C(CC(=O)c1ccccc1)c1ccccc1. The van der Waals surface area contributed by atoms with Crippen LogP contribution < -0.4 is 0 Å². The minimum Gasteiger partial charge on any atom is -0.294 e. The van der Waals surface area contributed by atoms with Gasteiger partial charge in [0.2, 0.25) is 0 Å². The molecule has 0 amide bonds. The smallest absolute Gasteiger partial charge is 0.168 e. The van der Waals surface area contributed by atoms with Gasteiger partial charge in [-0.05, 0) is 30.5 Å². The third-order valence-corrected chi connectivity index (χ3v) is 4.22. The fourth-order valence-corrected chi connectivity index (χ4v) is 2.83. The van der Waals surface area contributed by atoms with Crippen LogP contribution in [0.15, 0.2) is 83.9 Å². The summed E-state index contributed by atoms with van der Waals surface area (Å²) in [6.45, 7) is 4.10. The number of benzene rings is 3. The van der Waals surface area contributed by atoms with Crippen molar-refractivity contribution in [3.63, 3.8) is 0 Å². The Morgan fingerprint density at radius 1 is 0.720 bits per heavy atom. The van der Waals surface area contributed by atoms with E-state index in [4.69, 9.17) is 4.99 Å². The Morgan fingerprint density at radius 3 is 1.80 bits per heavy atom. The normalized spacial score (nSPS) is 11.4. The second-order valence-electron chi connectivity index (χ2n) is 6.13. The summed E-state index contributed by atoms with van der Waals surface area (Å²) in [5, 5.41) is 0. The summed E-state index contributed by atoms with van der Waals surface area (Å²) in [6.07, 6.45) is 0.280. The topological polar surface area (TPSA) is 29.4 Å². The molecular weight excluding hydrogens is 306 g/mol. The van der Waals surface area contributed by atoms with Crippen LogP contribution in [-0.4, -0.2) is 11.5 Å². The number of nitrogens with zero attached hydrogens (tertiary/aromatic N) is 1. The second kappa shape index (κ2) is 7.71. The highest BCUT2D eigenvalue weighted by atomic mass is 16.1. The molecule has 0 bridgehead atoms. The van der Waals surface area contributed by atoms with Crippen LogP contribution in [0.4, 0.5) is 5.69 Å². The van der Waals surface area contributed by atoms with E-state index in [1.54, 1.807) is 0 Å². The fourth-order valence-electron chi connectivity index (χ4n) is 2.83. The van der Waals surface area contributed by atoms with E-state index in [0.29, 0.717) is 5.56 Å². The maximum atomic E-state index is 12.7. The quantitative estimate of drug-likeness (QED) is 0.437. The van der Waals surface area contributed by atoms with Crippen LogP contribution in [0.5, 0.6) is 0 Å². The van der Waals surface area contributed by atoms with E-state index in [1.165, 1.54) is 0 Å². The molecule has 0 radical (unpaired) electrons. The lowest BCUT2D eigenvalue weighted by molar-refractivity contribution is 0.100. The third kappa shape index (κ3) is 4.10. The van der Waals surface area contributed by atoms with Gasteiger partial charge in [-0.15, -0.1) is 0 Å². The lowest BCUT2D eigenvalue weighted by Crippen LogP contribution is -2.10. The van der Waals surface area contributed by atoms with Gasteiger partial charge in [-0.25, -0.2) is 0 Å². The molecular formula is C23H21NO. The number of ketones is 1. The highest BCUT2D eigenvalue weighted by Crippen LogP contribution is 2.25. The maximum Gasteiger partial charge on any atom is 0.168 e. The largest absolute Gasteiger partial charge is 0.294 e. The van der Waals surface area contributed by atoms with Crippen molar-refractivity contribution in [1.29, 1.82) is 0 Å². The molecule has 0 N–H and O–H groups in total. The molecule has 0 unspecified atom stereocenters. The Morgan fingerprint density at radius 2 is 1.24 bits per heavy atom. The average Bonchev–Trinajstić information content (AvgIpc) is 2.65. The first kappa shape index (κ1) is 16.8. The number of Topliss-reactive ketones (excluding diaryl/α,β-unsaturated/α-hetero) is 1. The van der Waals surface area contributed by atoms with Gasteiger partial charge in [0.25, 0.3) is 0 Å². The predicted molar refractivity (Wildman–Crippen MR) is 104 cm³/mol. The summed E-state index contributed by atoms with van der Waals surface area (Å²) in [4.78, 5) is 17.6. The molecule has 0 heterocycles. The molecule has 3 rings (SSSR count). The molecule has 0 aromatic heterocycles. The zero-order valence-electron chi connectivity index (χ0n) is 14.6. The number of aryl methyl sites for hydroxylation is 2. The molecule has 0 aliphatic heterocycles. The highest BCUT2D eigenvalue weighted by molar-refractivity contribution is 6.16.